The molecule has 3 aromatic rings. The van der Waals surface area contributed by atoms with Crippen LogP contribution in [-0.4, -0.2) is 52.8 Å². The topological polar surface area (TPSA) is 65.5 Å². The molecule has 1 fully saturated rings. The summed E-state index contributed by atoms with van der Waals surface area (Å²) in [6, 6.07) is 13.6. The van der Waals surface area contributed by atoms with Gasteiger partial charge < -0.3 is 4.90 Å². The van der Waals surface area contributed by atoms with Crippen molar-refractivity contribution in [1.82, 2.24) is 14.8 Å². The van der Waals surface area contributed by atoms with Crippen LogP contribution in [0.3, 0.4) is 0 Å². The van der Waals surface area contributed by atoms with Gasteiger partial charge in [-0.2, -0.15) is 0 Å². The summed E-state index contributed by atoms with van der Waals surface area (Å²) in [4.78, 5) is 33.2. The largest absolute Gasteiger partial charge is 0.340 e. The lowest BCUT2D eigenvalue weighted by Crippen LogP contribution is -2.48. The van der Waals surface area contributed by atoms with E-state index < -0.39 is 0 Å². The molecule has 166 valence electrons. The van der Waals surface area contributed by atoms with Gasteiger partial charge in [-0.05, 0) is 24.3 Å². The summed E-state index contributed by atoms with van der Waals surface area (Å²) in [5.41, 5.74) is 1.67. The fourth-order valence-electron chi connectivity index (χ4n) is 3.53. The maximum atomic E-state index is 14.0. The predicted octanol–water partition coefficient (Wildman–Crippen LogP) is 4.07. The van der Waals surface area contributed by atoms with Crippen LogP contribution in [0, 0.1) is 5.82 Å². The summed E-state index contributed by atoms with van der Waals surface area (Å²) in [5, 5.41) is 5.44. The number of thiazole rings is 1. The van der Waals surface area contributed by atoms with Crippen molar-refractivity contribution in [2.24, 2.45) is 0 Å². The molecule has 1 saturated heterocycles. The maximum Gasteiger partial charge on any atom is 0.257 e. The Hall–Kier alpha value is -2.81. The molecular formula is C23H22ClFN4O2S. The van der Waals surface area contributed by atoms with Crippen LogP contribution in [-0.2, 0) is 17.8 Å². The first-order valence-electron chi connectivity index (χ1n) is 10.2. The number of nitrogens with zero attached hydrogens (tertiary/aromatic N) is 3. The Morgan fingerprint density at radius 1 is 1.06 bits per heavy atom. The number of nitrogens with one attached hydrogen (secondary N) is 1. The minimum absolute atomic E-state index is 0.0141. The number of carbonyl (C=O) groups excluding carboxylic acids is 2. The molecule has 2 heterocycles. The highest BCUT2D eigenvalue weighted by atomic mass is 35.5. The molecule has 2 amide bonds. The standard InChI is InChI=1S/C23H22ClFN4O2S/c24-19-7-4-8-20(25)18(19)14-28-9-11-29(12-10-28)21(30)13-17-15-32-23(26-17)27-22(31)16-5-2-1-3-6-16/h1-8,15H,9-14H2,(H,26,27,31). The molecule has 1 N–H and O–H groups in total. The number of hydrogen-bond acceptors (Lipinski definition) is 5. The Morgan fingerprint density at radius 3 is 2.53 bits per heavy atom. The Bertz CT molecular complexity index is 1080. The van der Waals surface area contributed by atoms with Crippen LogP contribution in [0.1, 0.15) is 21.6 Å². The van der Waals surface area contributed by atoms with Crippen LogP contribution in [0.4, 0.5) is 9.52 Å². The molecule has 0 radical (unpaired) electrons. The zero-order valence-electron chi connectivity index (χ0n) is 17.3. The number of piperazine rings is 1. The van der Waals surface area contributed by atoms with Crippen molar-refractivity contribution < 1.29 is 14.0 Å². The van der Waals surface area contributed by atoms with Crippen molar-refractivity contribution in [3.05, 3.63) is 81.6 Å². The smallest absolute Gasteiger partial charge is 0.257 e. The van der Waals surface area contributed by atoms with Crippen molar-refractivity contribution in [3.8, 4) is 0 Å². The van der Waals surface area contributed by atoms with E-state index in [1.807, 2.05) is 6.07 Å². The van der Waals surface area contributed by atoms with Gasteiger partial charge >= 0.3 is 0 Å². The average Bonchev–Trinajstić information content (AvgIpc) is 3.24. The van der Waals surface area contributed by atoms with E-state index in [4.69, 9.17) is 11.6 Å². The molecule has 0 aliphatic carbocycles. The second-order valence-corrected chi connectivity index (χ2v) is 8.76. The highest BCUT2D eigenvalue weighted by Gasteiger charge is 2.23. The number of hydrogen-bond donors (Lipinski definition) is 1. The third-order valence-corrected chi connectivity index (χ3v) is 6.47. The first-order chi connectivity index (χ1) is 15.5. The highest BCUT2D eigenvalue weighted by Crippen LogP contribution is 2.22. The Morgan fingerprint density at radius 2 is 1.81 bits per heavy atom. The van der Waals surface area contributed by atoms with Crippen LogP contribution < -0.4 is 5.32 Å². The van der Waals surface area contributed by atoms with Gasteiger partial charge in [0, 0.05) is 54.3 Å². The van der Waals surface area contributed by atoms with Gasteiger partial charge in [-0.3, -0.25) is 19.8 Å². The van der Waals surface area contributed by atoms with Crippen molar-refractivity contribution in [3.63, 3.8) is 0 Å². The van der Waals surface area contributed by atoms with Gasteiger partial charge in [0.2, 0.25) is 5.91 Å². The molecule has 1 aromatic heterocycles. The number of anilines is 1. The van der Waals surface area contributed by atoms with Gasteiger partial charge in [-0.25, -0.2) is 9.37 Å². The van der Waals surface area contributed by atoms with E-state index in [1.165, 1.54) is 17.4 Å². The summed E-state index contributed by atoms with van der Waals surface area (Å²) in [5.74, 6) is -0.557. The van der Waals surface area contributed by atoms with Gasteiger partial charge in [-0.15, -0.1) is 11.3 Å². The molecule has 0 spiro atoms. The van der Waals surface area contributed by atoms with Gasteiger partial charge in [0.25, 0.3) is 5.91 Å². The monoisotopic (exact) mass is 472 g/mol. The minimum Gasteiger partial charge on any atom is -0.340 e. The van der Waals surface area contributed by atoms with Crippen molar-refractivity contribution >= 4 is 39.9 Å². The maximum absolute atomic E-state index is 14.0. The quantitative estimate of drug-likeness (QED) is 0.587. The van der Waals surface area contributed by atoms with Gasteiger partial charge in [0.1, 0.15) is 5.82 Å². The number of rotatable bonds is 6. The second kappa shape index (κ2) is 10.2. The first kappa shape index (κ1) is 22.4. The Labute approximate surface area is 194 Å². The number of benzene rings is 2. The van der Waals surface area contributed by atoms with Crippen LogP contribution in [0.5, 0.6) is 0 Å². The molecule has 6 nitrogen and oxygen atoms in total. The minimum atomic E-state index is -0.310. The van der Waals surface area contributed by atoms with E-state index in [0.29, 0.717) is 59.7 Å². The molecule has 4 rings (SSSR count). The lowest BCUT2D eigenvalue weighted by atomic mass is 10.1. The zero-order valence-corrected chi connectivity index (χ0v) is 18.8. The van der Waals surface area contributed by atoms with E-state index in [0.717, 1.165) is 0 Å². The second-order valence-electron chi connectivity index (χ2n) is 7.50. The predicted molar refractivity (Wildman–Crippen MR) is 123 cm³/mol. The van der Waals surface area contributed by atoms with Gasteiger partial charge in [0.05, 0.1) is 12.1 Å². The van der Waals surface area contributed by atoms with Crippen LogP contribution >= 0.6 is 22.9 Å². The van der Waals surface area contributed by atoms with Crippen LogP contribution in [0.15, 0.2) is 53.9 Å². The normalized spacial score (nSPS) is 14.4. The summed E-state index contributed by atoms with van der Waals surface area (Å²) >= 11 is 7.42. The number of amides is 2. The van der Waals surface area contributed by atoms with E-state index in [-0.39, 0.29) is 24.1 Å². The third-order valence-electron chi connectivity index (χ3n) is 5.31. The number of carbonyl (C=O) groups is 2. The van der Waals surface area contributed by atoms with Gasteiger partial charge in [-0.1, -0.05) is 35.9 Å². The zero-order chi connectivity index (χ0) is 22.5. The average molecular weight is 473 g/mol. The Balaban J connectivity index is 1.27. The molecular weight excluding hydrogens is 451 g/mol. The van der Waals surface area contributed by atoms with E-state index in [9.17, 15) is 14.0 Å². The fourth-order valence-corrected chi connectivity index (χ4v) is 4.46. The summed E-state index contributed by atoms with van der Waals surface area (Å²) in [7, 11) is 0. The van der Waals surface area contributed by atoms with Crippen molar-refractivity contribution in [2.75, 3.05) is 31.5 Å². The number of halogens is 2. The van der Waals surface area contributed by atoms with Gasteiger partial charge in [0.15, 0.2) is 5.13 Å². The first-order valence-corrected chi connectivity index (χ1v) is 11.5. The van der Waals surface area contributed by atoms with Crippen molar-refractivity contribution in [2.45, 2.75) is 13.0 Å². The van der Waals surface area contributed by atoms with Crippen LogP contribution in [0.25, 0.3) is 0 Å². The summed E-state index contributed by atoms with van der Waals surface area (Å²) < 4.78 is 14.0. The molecule has 1 aliphatic rings. The molecule has 0 bridgehead atoms. The molecule has 1 aliphatic heterocycles. The lowest BCUT2D eigenvalue weighted by Gasteiger charge is -2.34. The number of aromatic nitrogens is 1. The van der Waals surface area contributed by atoms with Crippen LogP contribution in [0.2, 0.25) is 5.02 Å². The van der Waals surface area contributed by atoms with E-state index >= 15 is 0 Å². The third kappa shape index (κ3) is 5.51. The lowest BCUT2D eigenvalue weighted by molar-refractivity contribution is -0.132. The fraction of sp³-hybridized carbons (Fsp3) is 0.261. The Kier molecular flexibility index (Phi) is 7.14. The summed E-state index contributed by atoms with van der Waals surface area (Å²) in [6.45, 7) is 2.83. The molecule has 0 saturated carbocycles. The SMILES string of the molecule is O=C(Nc1nc(CC(=O)N2CCN(Cc3c(F)cccc3Cl)CC2)cs1)c1ccccc1. The van der Waals surface area contributed by atoms with E-state index in [2.05, 4.69) is 15.2 Å². The molecule has 0 atom stereocenters. The van der Waals surface area contributed by atoms with E-state index in [1.54, 1.807) is 46.7 Å². The molecule has 2 aromatic carbocycles. The molecule has 32 heavy (non-hydrogen) atoms. The molecule has 0 unspecified atom stereocenters. The van der Waals surface area contributed by atoms with Crippen molar-refractivity contribution in [1.29, 1.82) is 0 Å². The summed E-state index contributed by atoms with van der Waals surface area (Å²) in [6.07, 6.45) is 0.177. The highest BCUT2D eigenvalue weighted by molar-refractivity contribution is 7.14. The molecule has 9 heteroatoms.